The smallest absolute Gasteiger partial charge is 0.123 e. The molecule has 2 fully saturated rings. The molecule has 2 N–H and O–H groups in total. The third kappa shape index (κ3) is 2.54. The van der Waals surface area contributed by atoms with Gasteiger partial charge in [-0.1, -0.05) is 12.1 Å². The standard InChI is InChI=1S/C16H23FN2/c1-12(15-4-2-11-18-15)19-16(9-3-10-16)13-5-7-14(17)8-6-13/h5-8,12,15,18-19H,2-4,9-11H2,1H3/t12?,15-/m0/s1. The summed E-state index contributed by atoms with van der Waals surface area (Å²) in [6.45, 7) is 3.41. The van der Waals surface area contributed by atoms with Crippen LogP contribution in [0.25, 0.3) is 0 Å². The van der Waals surface area contributed by atoms with Crippen molar-refractivity contribution >= 4 is 0 Å². The Kier molecular flexibility index (Phi) is 3.59. The zero-order chi connectivity index (χ0) is 13.3. The van der Waals surface area contributed by atoms with E-state index in [0.717, 1.165) is 19.4 Å². The predicted octanol–water partition coefficient (Wildman–Crippen LogP) is 2.94. The highest BCUT2D eigenvalue weighted by atomic mass is 19.1. The fourth-order valence-electron chi connectivity index (χ4n) is 3.49. The fourth-order valence-corrected chi connectivity index (χ4v) is 3.49. The summed E-state index contributed by atoms with van der Waals surface area (Å²) in [5, 5.41) is 7.39. The molecule has 1 aliphatic carbocycles. The van der Waals surface area contributed by atoms with E-state index in [4.69, 9.17) is 0 Å². The molecule has 0 radical (unpaired) electrons. The Morgan fingerprint density at radius 1 is 1.26 bits per heavy atom. The summed E-state index contributed by atoms with van der Waals surface area (Å²) >= 11 is 0. The molecular weight excluding hydrogens is 239 g/mol. The van der Waals surface area contributed by atoms with Crippen LogP contribution >= 0.6 is 0 Å². The van der Waals surface area contributed by atoms with E-state index in [9.17, 15) is 4.39 Å². The zero-order valence-corrected chi connectivity index (χ0v) is 11.6. The molecule has 0 bridgehead atoms. The van der Waals surface area contributed by atoms with Crippen LogP contribution in [-0.4, -0.2) is 18.6 Å². The minimum absolute atomic E-state index is 0.0807. The Balaban J connectivity index is 1.73. The highest BCUT2D eigenvalue weighted by Gasteiger charge is 2.40. The lowest BCUT2D eigenvalue weighted by atomic mass is 9.71. The Morgan fingerprint density at radius 2 is 2.00 bits per heavy atom. The molecule has 1 saturated carbocycles. The summed E-state index contributed by atoms with van der Waals surface area (Å²) in [6, 6.07) is 8.09. The molecule has 104 valence electrons. The molecule has 1 heterocycles. The normalized spacial score (nSPS) is 26.9. The van der Waals surface area contributed by atoms with Gasteiger partial charge in [0.2, 0.25) is 0 Å². The van der Waals surface area contributed by atoms with Gasteiger partial charge < -0.3 is 10.6 Å². The third-order valence-corrected chi connectivity index (χ3v) is 4.81. The van der Waals surface area contributed by atoms with Gasteiger partial charge >= 0.3 is 0 Å². The first-order valence-corrected chi connectivity index (χ1v) is 7.47. The summed E-state index contributed by atoms with van der Waals surface area (Å²) in [7, 11) is 0. The van der Waals surface area contributed by atoms with E-state index in [1.165, 1.54) is 24.8 Å². The number of rotatable bonds is 4. The molecule has 0 aromatic heterocycles. The lowest BCUT2D eigenvalue weighted by Gasteiger charge is -2.46. The Hall–Kier alpha value is -0.930. The quantitative estimate of drug-likeness (QED) is 0.872. The summed E-state index contributed by atoms with van der Waals surface area (Å²) in [6.07, 6.45) is 6.12. The van der Waals surface area contributed by atoms with E-state index in [1.807, 2.05) is 12.1 Å². The zero-order valence-electron chi connectivity index (χ0n) is 11.6. The molecule has 3 heteroatoms. The topological polar surface area (TPSA) is 24.1 Å². The van der Waals surface area contributed by atoms with Crippen molar-refractivity contribution in [3.8, 4) is 0 Å². The van der Waals surface area contributed by atoms with Crippen LogP contribution in [-0.2, 0) is 5.54 Å². The van der Waals surface area contributed by atoms with Crippen molar-refractivity contribution < 1.29 is 4.39 Å². The summed E-state index contributed by atoms with van der Waals surface area (Å²) in [5.74, 6) is -0.149. The Labute approximate surface area is 114 Å². The maximum atomic E-state index is 13.1. The van der Waals surface area contributed by atoms with Gasteiger partial charge in [-0.15, -0.1) is 0 Å². The summed E-state index contributed by atoms with van der Waals surface area (Å²) in [4.78, 5) is 0. The van der Waals surface area contributed by atoms with Gasteiger partial charge in [0, 0.05) is 17.6 Å². The number of hydrogen-bond acceptors (Lipinski definition) is 2. The van der Waals surface area contributed by atoms with Gasteiger partial charge in [-0.05, 0) is 63.3 Å². The SMILES string of the molecule is CC(NC1(c2ccc(F)cc2)CCC1)[C@@H]1CCCN1. The van der Waals surface area contributed by atoms with E-state index >= 15 is 0 Å². The minimum Gasteiger partial charge on any atom is -0.312 e. The van der Waals surface area contributed by atoms with Gasteiger partial charge in [-0.25, -0.2) is 4.39 Å². The molecule has 1 aromatic carbocycles. The highest BCUT2D eigenvalue weighted by Crippen LogP contribution is 2.42. The minimum atomic E-state index is -0.149. The van der Waals surface area contributed by atoms with Crippen molar-refractivity contribution in [1.82, 2.24) is 10.6 Å². The van der Waals surface area contributed by atoms with Crippen LogP contribution in [0.4, 0.5) is 4.39 Å². The van der Waals surface area contributed by atoms with Crippen molar-refractivity contribution in [2.75, 3.05) is 6.54 Å². The number of hydrogen-bond donors (Lipinski definition) is 2. The monoisotopic (exact) mass is 262 g/mol. The van der Waals surface area contributed by atoms with Crippen LogP contribution in [0.3, 0.4) is 0 Å². The third-order valence-electron chi connectivity index (χ3n) is 4.81. The molecule has 0 amide bonds. The molecule has 19 heavy (non-hydrogen) atoms. The van der Waals surface area contributed by atoms with E-state index in [-0.39, 0.29) is 11.4 Å². The van der Waals surface area contributed by atoms with Gasteiger partial charge in [0.05, 0.1) is 0 Å². The van der Waals surface area contributed by atoms with Crippen LogP contribution in [0.2, 0.25) is 0 Å². The molecule has 1 aliphatic heterocycles. The predicted molar refractivity (Wildman–Crippen MR) is 75.6 cm³/mol. The van der Waals surface area contributed by atoms with Crippen molar-refractivity contribution in [2.24, 2.45) is 0 Å². The molecule has 1 saturated heterocycles. The average molecular weight is 262 g/mol. The second kappa shape index (κ2) is 5.22. The molecule has 2 nitrogen and oxygen atoms in total. The first-order chi connectivity index (χ1) is 9.20. The number of nitrogens with one attached hydrogen (secondary N) is 2. The Morgan fingerprint density at radius 3 is 2.53 bits per heavy atom. The van der Waals surface area contributed by atoms with Crippen molar-refractivity contribution in [2.45, 2.75) is 56.7 Å². The van der Waals surface area contributed by atoms with Crippen LogP contribution in [0, 0.1) is 5.82 Å². The molecule has 2 atom stereocenters. The van der Waals surface area contributed by atoms with E-state index in [0.29, 0.717) is 12.1 Å². The lowest BCUT2D eigenvalue weighted by molar-refractivity contribution is 0.155. The number of halogens is 1. The molecular formula is C16H23FN2. The molecule has 2 aliphatic rings. The van der Waals surface area contributed by atoms with Crippen LogP contribution < -0.4 is 10.6 Å². The maximum absolute atomic E-state index is 13.1. The van der Waals surface area contributed by atoms with Gasteiger partial charge in [-0.3, -0.25) is 0 Å². The largest absolute Gasteiger partial charge is 0.312 e. The van der Waals surface area contributed by atoms with Gasteiger partial charge in [0.1, 0.15) is 5.82 Å². The van der Waals surface area contributed by atoms with Crippen LogP contribution in [0.15, 0.2) is 24.3 Å². The van der Waals surface area contributed by atoms with Crippen LogP contribution in [0.1, 0.15) is 44.6 Å². The first kappa shape index (κ1) is 13.1. The van der Waals surface area contributed by atoms with Gasteiger partial charge in [-0.2, -0.15) is 0 Å². The van der Waals surface area contributed by atoms with Crippen molar-refractivity contribution in [3.05, 3.63) is 35.6 Å². The average Bonchev–Trinajstić information content (AvgIpc) is 2.89. The van der Waals surface area contributed by atoms with Crippen molar-refractivity contribution in [1.29, 1.82) is 0 Å². The second-order valence-corrected chi connectivity index (χ2v) is 6.08. The second-order valence-electron chi connectivity index (χ2n) is 6.08. The summed E-state index contributed by atoms with van der Waals surface area (Å²) < 4.78 is 13.1. The fraction of sp³-hybridized carbons (Fsp3) is 0.625. The van der Waals surface area contributed by atoms with Crippen molar-refractivity contribution in [3.63, 3.8) is 0 Å². The van der Waals surface area contributed by atoms with E-state index in [2.05, 4.69) is 17.6 Å². The Bertz CT molecular complexity index is 419. The lowest BCUT2D eigenvalue weighted by Crippen LogP contribution is -2.56. The van der Waals surface area contributed by atoms with Gasteiger partial charge in [0.25, 0.3) is 0 Å². The van der Waals surface area contributed by atoms with Crippen LogP contribution in [0.5, 0.6) is 0 Å². The highest BCUT2D eigenvalue weighted by molar-refractivity contribution is 5.28. The van der Waals surface area contributed by atoms with E-state index in [1.54, 1.807) is 12.1 Å². The molecule has 0 spiro atoms. The summed E-state index contributed by atoms with van der Waals surface area (Å²) in [5.41, 5.74) is 1.32. The molecule has 3 rings (SSSR count). The first-order valence-electron chi connectivity index (χ1n) is 7.47. The number of benzene rings is 1. The van der Waals surface area contributed by atoms with Gasteiger partial charge in [0.15, 0.2) is 0 Å². The molecule has 1 aromatic rings. The molecule has 1 unspecified atom stereocenters. The maximum Gasteiger partial charge on any atom is 0.123 e. The van der Waals surface area contributed by atoms with E-state index < -0.39 is 0 Å².